The van der Waals surface area contributed by atoms with E-state index in [2.05, 4.69) is 38.6 Å². The first-order valence-corrected chi connectivity index (χ1v) is 19.3. The first kappa shape index (κ1) is 35.4. The van der Waals surface area contributed by atoms with Crippen LogP contribution in [0.15, 0.2) is 60.9 Å². The van der Waals surface area contributed by atoms with E-state index < -0.39 is 26.8 Å². The number of hydrogen-bond acceptors (Lipinski definition) is 8. The number of ether oxygens (including phenoxy) is 1. The van der Waals surface area contributed by atoms with Crippen molar-refractivity contribution in [3.8, 4) is 5.75 Å². The summed E-state index contributed by atoms with van der Waals surface area (Å²) in [6.07, 6.45) is 13.2. The summed E-state index contributed by atoms with van der Waals surface area (Å²) in [5, 5.41) is 12.3. The van der Waals surface area contributed by atoms with Crippen LogP contribution in [0.25, 0.3) is 0 Å². The smallest absolute Gasteiger partial charge is 0.264 e. The van der Waals surface area contributed by atoms with E-state index in [9.17, 15) is 18.3 Å². The highest BCUT2D eigenvalue weighted by atomic mass is 35.5. The van der Waals surface area contributed by atoms with Crippen LogP contribution in [-0.4, -0.2) is 59.9 Å². The van der Waals surface area contributed by atoms with Crippen LogP contribution in [0.2, 0.25) is 5.02 Å². The van der Waals surface area contributed by atoms with Gasteiger partial charge in [0.25, 0.3) is 5.91 Å². The Labute approximate surface area is 295 Å². The van der Waals surface area contributed by atoms with Gasteiger partial charge in [-0.05, 0) is 113 Å². The summed E-state index contributed by atoms with van der Waals surface area (Å²) in [6, 6.07) is 11.3. The Morgan fingerprint density at radius 3 is 2.71 bits per heavy atom. The van der Waals surface area contributed by atoms with Crippen molar-refractivity contribution in [3.63, 3.8) is 0 Å². The van der Waals surface area contributed by atoms with E-state index >= 15 is 0 Å². The fourth-order valence-corrected chi connectivity index (χ4v) is 8.61. The number of aliphatic hydroxyl groups is 1. The number of benzene rings is 2. The summed E-state index contributed by atoms with van der Waals surface area (Å²) in [5.74, 6) is 0.0837. The van der Waals surface area contributed by atoms with Crippen molar-refractivity contribution < 1.29 is 23.1 Å². The largest absolute Gasteiger partial charge is 0.490 e. The van der Waals surface area contributed by atoms with Crippen LogP contribution in [0, 0.1) is 18.8 Å². The van der Waals surface area contributed by atoms with Crippen molar-refractivity contribution in [2.24, 2.45) is 11.8 Å². The van der Waals surface area contributed by atoms with Crippen LogP contribution < -0.4 is 14.4 Å². The van der Waals surface area contributed by atoms with E-state index in [0.717, 1.165) is 55.6 Å². The molecule has 11 heteroatoms. The van der Waals surface area contributed by atoms with E-state index in [0.29, 0.717) is 36.9 Å². The van der Waals surface area contributed by atoms with Gasteiger partial charge in [0.15, 0.2) is 0 Å². The lowest BCUT2D eigenvalue weighted by atomic mass is 9.62. The van der Waals surface area contributed by atoms with E-state index in [4.69, 9.17) is 16.3 Å². The van der Waals surface area contributed by atoms with Crippen LogP contribution in [0.4, 0.5) is 5.69 Å². The number of nitrogens with zero attached hydrogens (tertiary/aromatic N) is 3. The maximum absolute atomic E-state index is 13.3. The highest BCUT2D eigenvalue weighted by molar-refractivity contribution is 7.90. The van der Waals surface area contributed by atoms with Crippen molar-refractivity contribution in [2.45, 2.75) is 88.9 Å². The molecule has 0 bridgehead atoms. The van der Waals surface area contributed by atoms with E-state index in [1.54, 1.807) is 30.6 Å². The van der Waals surface area contributed by atoms with E-state index in [-0.39, 0.29) is 22.8 Å². The molecule has 2 aromatic carbocycles. The van der Waals surface area contributed by atoms with Crippen LogP contribution in [0.3, 0.4) is 0 Å². The molecule has 0 saturated heterocycles. The third-order valence-electron chi connectivity index (χ3n) is 10.7. The first-order chi connectivity index (χ1) is 23.3. The standard InChI is InChI=1S/C38H47ClN4O5S/c1-5-6-16-38(45,21-33-26(4)40-17-18-41-33)32-12-9-29(32)22-43-23-37(15-7-8-27-19-30(39)11-13-31(27)37)24-48-35-14-10-28(20-34(35)43)36(44)42-49(46,47)25(2)3/h6,10-11,13-14,16-20,25,29,32,45H,5,7-9,12,15,21-24H2,1-4H3,(H,42,44)/b16-6+/t29-,32+,37-,38-/m0/s1. The molecule has 1 saturated carbocycles. The second-order valence-corrected chi connectivity index (χ2v) is 17.0. The quantitative estimate of drug-likeness (QED) is 0.234. The fourth-order valence-electron chi connectivity index (χ4n) is 7.80. The monoisotopic (exact) mass is 706 g/mol. The SMILES string of the molecule is CC/C=C/[C@](O)(Cc1nccnc1C)[C@@H]1CC[C@H]1CN1C[C@@]2(CCCc3cc(Cl)ccc32)COc2ccc(C(=O)NS(=O)(=O)C(C)C)cc21. The predicted molar refractivity (Wildman–Crippen MR) is 193 cm³/mol. The van der Waals surface area contributed by atoms with Crippen molar-refractivity contribution in [3.05, 3.63) is 94.0 Å². The first-order valence-electron chi connectivity index (χ1n) is 17.4. The molecule has 3 aromatic rings. The molecule has 4 atom stereocenters. The van der Waals surface area contributed by atoms with Gasteiger partial charge < -0.3 is 14.7 Å². The summed E-state index contributed by atoms with van der Waals surface area (Å²) in [4.78, 5) is 24.6. The van der Waals surface area contributed by atoms with Crippen LogP contribution in [0.1, 0.15) is 85.7 Å². The number of anilines is 1. The highest BCUT2D eigenvalue weighted by Gasteiger charge is 2.48. The minimum Gasteiger partial charge on any atom is -0.490 e. The number of carbonyl (C=O) groups excluding carboxylic acids is 1. The molecule has 49 heavy (non-hydrogen) atoms. The van der Waals surface area contributed by atoms with Gasteiger partial charge in [-0.3, -0.25) is 14.8 Å². The second-order valence-electron chi connectivity index (χ2n) is 14.3. The maximum Gasteiger partial charge on any atom is 0.264 e. The number of hydrogen-bond donors (Lipinski definition) is 2. The van der Waals surface area contributed by atoms with Crippen molar-refractivity contribution >= 4 is 33.2 Å². The zero-order valence-electron chi connectivity index (χ0n) is 28.8. The Morgan fingerprint density at radius 1 is 1.20 bits per heavy atom. The number of amides is 1. The van der Waals surface area contributed by atoms with Gasteiger partial charge >= 0.3 is 0 Å². The number of aryl methyl sites for hydroxylation is 2. The number of aromatic nitrogens is 2. The molecule has 1 spiro atoms. The number of fused-ring (bicyclic) bond motifs is 3. The number of nitrogens with one attached hydrogen (secondary N) is 1. The molecule has 1 amide bonds. The van der Waals surface area contributed by atoms with Gasteiger partial charge in [0.05, 0.1) is 34.5 Å². The lowest BCUT2D eigenvalue weighted by Crippen LogP contribution is -2.53. The molecule has 1 aliphatic heterocycles. The molecule has 3 aliphatic rings. The Morgan fingerprint density at radius 2 is 2.00 bits per heavy atom. The Balaban J connectivity index is 1.37. The molecule has 0 radical (unpaired) electrons. The zero-order valence-corrected chi connectivity index (χ0v) is 30.4. The molecule has 2 aliphatic carbocycles. The number of carbonyl (C=O) groups is 1. The fraction of sp³-hybridized carbons (Fsp3) is 0.500. The summed E-state index contributed by atoms with van der Waals surface area (Å²) in [7, 11) is -3.82. The normalized spacial score (nSPS) is 23.3. The zero-order chi connectivity index (χ0) is 35.0. The van der Waals surface area contributed by atoms with Crippen LogP contribution in [0.5, 0.6) is 5.75 Å². The van der Waals surface area contributed by atoms with Gasteiger partial charge in [-0.15, -0.1) is 0 Å². The second kappa shape index (κ2) is 14.0. The van der Waals surface area contributed by atoms with Gasteiger partial charge in [-0.1, -0.05) is 36.7 Å². The highest BCUT2D eigenvalue weighted by Crippen LogP contribution is 2.49. The molecular formula is C38H47ClN4O5S. The van der Waals surface area contributed by atoms with Gasteiger partial charge in [-0.25, -0.2) is 13.1 Å². The number of sulfonamides is 1. The van der Waals surface area contributed by atoms with Crippen LogP contribution >= 0.6 is 11.6 Å². The average molecular weight is 707 g/mol. The number of halogens is 1. The van der Waals surface area contributed by atoms with Gasteiger partial charge in [-0.2, -0.15) is 0 Å². The predicted octanol–water partition coefficient (Wildman–Crippen LogP) is 6.35. The van der Waals surface area contributed by atoms with Gasteiger partial charge in [0, 0.05) is 47.9 Å². The van der Waals surface area contributed by atoms with E-state index in [1.807, 2.05) is 25.1 Å². The molecule has 1 aromatic heterocycles. The Kier molecular flexibility index (Phi) is 10.1. The molecular weight excluding hydrogens is 660 g/mol. The van der Waals surface area contributed by atoms with Crippen molar-refractivity contribution in [2.75, 3.05) is 24.6 Å². The molecule has 1 fully saturated rings. The maximum atomic E-state index is 13.3. The number of rotatable bonds is 10. The van der Waals surface area contributed by atoms with Gasteiger partial charge in [0.2, 0.25) is 10.0 Å². The molecule has 2 N–H and O–H groups in total. The lowest BCUT2D eigenvalue weighted by molar-refractivity contribution is -0.0453. The van der Waals surface area contributed by atoms with Crippen molar-refractivity contribution in [1.29, 1.82) is 0 Å². The third kappa shape index (κ3) is 7.23. The summed E-state index contributed by atoms with van der Waals surface area (Å²) in [5.41, 5.74) is 3.61. The summed E-state index contributed by atoms with van der Waals surface area (Å²) >= 11 is 6.45. The van der Waals surface area contributed by atoms with Crippen molar-refractivity contribution in [1.82, 2.24) is 14.7 Å². The Bertz CT molecular complexity index is 1850. The molecule has 262 valence electrons. The summed E-state index contributed by atoms with van der Waals surface area (Å²) < 4.78 is 34.0. The van der Waals surface area contributed by atoms with E-state index in [1.165, 1.54) is 25.0 Å². The molecule has 0 unspecified atom stereocenters. The topological polar surface area (TPSA) is 122 Å². The molecule has 9 nitrogen and oxygen atoms in total. The lowest BCUT2D eigenvalue weighted by Gasteiger charge is -2.49. The van der Waals surface area contributed by atoms with Crippen LogP contribution in [-0.2, 0) is 28.3 Å². The van der Waals surface area contributed by atoms with Gasteiger partial charge in [0.1, 0.15) is 5.75 Å². The minimum atomic E-state index is -3.82. The summed E-state index contributed by atoms with van der Waals surface area (Å²) in [6.45, 7) is 8.78. The average Bonchev–Trinajstić information content (AvgIpc) is 3.19. The Hall–Kier alpha value is -3.47. The molecule has 2 heterocycles. The minimum absolute atomic E-state index is 0.0274. The molecule has 6 rings (SSSR count). The number of allylic oxidation sites excluding steroid dienone is 1. The third-order valence-corrected chi connectivity index (χ3v) is 12.7.